The molecule has 1 aromatic heterocycles. The fourth-order valence-electron chi connectivity index (χ4n) is 1.57. The molecule has 0 bridgehead atoms. The second-order valence-electron chi connectivity index (χ2n) is 5.84. The van der Waals surface area contributed by atoms with E-state index in [4.69, 9.17) is 10.00 Å². The van der Waals surface area contributed by atoms with E-state index in [9.17, 15) is 8.42 Å². The Balaban J connectivity index is 2.69. The average Bonchev–Trinajstić information content (AvgIpc) is 2.42. The molecular formula is C14H20N4O3S. The van der Waals surface area contributed by atoms with Gasteiger partial charge in [0.15, 0.2) is 0 Å². The van der Waals surface area contributed by atoms with Crippen LogP contribution in [0.1, 0.15) is 19.5 Å². The van der Waals surface area contributed by atoms with E-state index in [1.807, 2.05) is 6.07 Å². The number of aromatic nitrogens is 1. The molecule has 7 nitrogen and oxygen atoms in total. The maximum Gasteiger partial charge on any atom is 0.255 e. The lowest BCUT2D eigenvalue weighted by atomic mass is 9.98. The number of hydrogen-bond acceptors (Lipinski definition) is 5. The summed E-state index contributed by atoms with van der Waals surface area (Å²) in [6.45, 7) is 3.68. The van der Waals surface area contributed by atoms with Crippen LogP contribution in [0.5, 0.6) is 5.88 Å². The topological polar surface area (TPSA) is 95.6 Å². The predicted molar refractivity (Wildman–Crippen MR) is 84.2 cm³/mol. The predicted octanol–water partition coefficient (Wildman–Crippen LogP) is 1.28. The van der Waals surface area contributed by atoms with Gasteiger partial charge in [0, 0.05) is 25.6 Å². The Labute approximate surface area is 131 Å². The Morgan fingerprint density at radius 2 is 2.14 bits per heavy atom. The minimum Gasteiger partial charge on any atom is -0.477 e. The van der Waals surface area contributed by atoms with Crippen molar-refractivity contribution in [1.82, 2.24) is 9.88 Å². The van der Waals surface area contributed by atoms with E-state index in [1.54, 1.807) is 51.0 Å². The largest absolute Gasteiger partial charge is 0.477 e. The van der Waals surface area contributed by atoms with Crippen molar-refractivity contribution in [3.8, 4) is 11.9 Å². The summed E-state index contributed by atoms with van der Waals surface area (Å²) in [5.41, 5.74) is -0.397. The molecule has 8 heteroatoms. The minimum absolute atomic E-state index is 0.144. The molecule has 0 aliphatic heterocycles. The first-order valence-corrected chi connectivity index (χ1v) is 8.19. The number of rotatable bonds is 7. The van der Waals surface area contributed by atoms with E-state index in [0.717, 1.165) is 0 Å². The van der Waals surface area contributed by atoms with Gasteiger partial charge in [-0.1, -0.05) is 19.9 Å². The van der Waals surface area contributed by atoms with Crippen LogP contribution in [0, 0.1) is 16.7 Å². The van der Waals surface area contributed by atoms with Gasteiger partial charge in [0.05, 0.1) is 12.4 Å². The van der Waals surface area contributed by atoms with Crippen LogP contribution in [0.15, 0.2) is 22.6 Å². The van der Waals surface area contributed by atoms with Crippen LogP contribution in [-0.4, -0.2) is 51.1 Å². The fourth-order valence-corrected chi connectivity index (χ4v) is 3.04. The third-order valence-electron chi connectivity index (χ3n) is 2.46. The molecule has 0 aliphatic rings. The molecular weight excluding hydrogens is 304 g/mol. The molecule has 0 saturated carbocycles. The van der Waals surface area contributed by atoms with Crippen molar-refractivity contribution in [1.29, 1.82) is 5.26 Å². The van der Waals surface area contributed by atoms with E-state index in [2.05, 4.69) is 9.38 Å². The smallest absolute Gasteiger partial charge is 0.255 e. The highest BCUT2D eigenvalue weighted by molar-refractivity contribution is 7.90. The lowest BCUT2D eigenvalue weighted by molar-refractivity contribution is 0.193. The standard InChI is InChI=1S/C14H20N4O3S/c1-14(2,10-22(19,20)16-11-18(3)4)9-21-13-7-5-6-12(8-15)17-13/h5-7,11H,9-10H2,1-4H3/b16-11+. The van der Waals surface area contributed by atoms with Gasteiger partial charge in [0.1, 0.15) is 18.1 Å². The van der Waals surface area contributed by atoms with E-state index < -0.39 is 15.4 Å². The summed E-state index contributed by atoms with van der Waals surface area (Å²) in [5.74, 6) is 0.142. The first-order chi connectivity index (χ1) is 10.1. The maximum absolute atomic E-state index is 11.9. The summed E-state index contributed by atoms with van der Waals surface area (Å²) in [6, 6.07) is 6.77. The molecule has 0 aliphatic carbocycles. The zero-order valence-electron chi connectivity index (χ0n) is 13.1. The second-order valence-corrected chi connectivity index (χ2v) is 7.50. The molecule has 0 saturated heterocycles. The molecule has 22 heavy (non-hydrogen) atoms. The summed E-state index contributed by atoms with van der Waals surface area (Å²) in [7, 11) is -0.185. The van der Waals surface area contributed by atoms with E-state index >= 15 is 0 Å². The molecule has 120 valence electrons. The summed E-state index contributed by atoms with van der Waals surface area (Å²) in [5, 5.41) is 8.78. The molecule has 1 rings (SSSR count). The molecule has 0 atom stereocenters. The first-order valence-electron chi connectivity index (χ1n) is 6.58. The highest BCUT2D eigenvalue weighted by Gasteiger charge is 2.27. The third kappa shape index (κ3) is 6.54. The molecule has 0 fully saturated rings. The van der Waals surface area contributed by atoms with Crippen molar-refractivity contribution in [3.05, 3.63) is 23.9 Å². The first kappa shape index (κ1) is 17.9. The lowest BCUT2D eigenvalue weighted by Gasteiger charge is -2.23. The van der Waals surface area contributed by atoms with Gasteiger partial charge in [-0.2, -0.15) is 9.66 Å². The number of pyridine rings is 1. The number of hydrogen-bond donors (Lipinski definition) is 0. The van der Waals surface area contributed by atoms with Gasteiger partial charge in [0.25, 0.3) is 10.0 Å². The number of sulfonamides is 1. The molecule has 0 aromatic carbocycles. The van der Waals surface area contributed by atoms with Gasteiger partial charge in [-0.15, -0.1) is 0 Å². The fraction of sp³-hybridized carbons (Fsp3) is 0.500. The van der Waals surface area contributed by atoms with Crippen molar-refractivity contribution in [2.75, 3.05) is 26.5 Å². The zero-order valence-corrected chi connectivity index (χ0v) is 14.0. The summed E-state index contributed by atoms with van der Waals surface area (Å²) < 4.78 is 32.9. The van der Waals surface area contributed by atoms with Gasteiger partial charge in [0.2, 0.25) is 5.88 Å². The number of nitriles is 1. The zero-order chi connectivity index (χ0) is 16.8. The normalized spacial score (nSPS) is 12.1. The van der Waals surface area contributed by atoms with Crippen LogP contribution >= 0.6 is 0 Å². The monoisotopic (exact) mass is 324 g/mol. The molecule has 0 unspecified atom stereocenters. The second kappa shape index (κ2) is 7.22. The van der Waals surface area contributed by atoms with Crippen LogP contribution in [-0.2, 0) is 10.0 Å². The van der Waals surface area contributed by atoms with Crippen molar-refractivity contribution < 1.29 is 13.2 Å². The van der Waals surface area contributed by atoms with Crippen molar-refractivity contribution >= 4 is 16.4 Å². The summed E-state index contributed by atoms with van der Waals surface area (Å²) >= 11 is 0. The third-order valence-corrected chi connectivity index (χ3v) is 4.02. The van der Waals surface area contributed by atoms with Crippen LogP contribution in [0.2, 0.25) is 0 Å². The Bertz CT molecular complexity index is 676. The highest BCUT2D eigenvalue weighted by atomic mass is 32.2. The lowest BCUT2D eigenvalue weighted by Crippen LogP contribution is -2.30. The Kier molecular flexibility index (Phi) is 5.88. The van der Waals surface area contributed by atoms with Gasteiger partial charge in [-0.3, -0.25) is 0 Å². The molecule has 0 N–H and O–H groups in total. The molecule has 0 amide bonds. The molecule has 1 heterocycles. The minimum atomic E-state index is -3.58. The van der Waals surface area contributed by atoms with Crippen molar-refractivity contribution in [2.24, 2.45) is 9.81 Å². The van der Waals surface area contributed by atoms with E-state index in [-0.39, 0.29) is 18.1 Å². The summed E-state index contributed by atoms with van der Waals surface area (Å²) in [4.78, 5) is 5.54. The van der Waals surface area contributed by atoms with Crippen LogP contribution in [0.4, 0.5) is 0 Å². The van der Waals surface area contributed by atoms with Crippen LogP contribution in [0.3, 0.4) is 0 Å². The van der Waals surface area contributed by atoms with Gasteiger partial charge < -0.3 is 9.64 Å². The molecule has 0 radical (unpaired) electrons. The Morgan fingerprint density at radius 1 is 1.45 bits per heavy atom. The van der Waals surface area contributed by atoms with Crippen LogP contribution in [0.25, 0.3) is 0 Å². The number of ether oxygens (including phenoxy) is 1. The van der Waals surface area contributed by atoms with Gasteiger partial charge in [-0.25, -0.2) is 13.4 Å². The van der Waals surface area contributed by atoms with E-state index in [0.29, 0.717) is 5.88 Å². The Hall–Kier alpha value is -2.14. The molecule has 1 aromatic rings. The van der Waals surface area contributed by atoms with Crippen molar-refractivity contribution in [3.63, 3.8) is 0 Å². The quantitative estimate of drug-likeness (QED) is 0.554. The SMILES string of the molecule is CN(C)/C=N/S(=O)(=O)CC(C)(C)COc1cccc(C#N)n1. The average molecular weight is 324 g/mol. The van der Waals surface area contributed by atoms with E-state index in [1.165, 1.54) is 6.34 Å². The molecule has 0 spiro atoms. The van der Waals surface area contributed by atoms with Gasteiger partial charge >= 0.3 is 0 Å². The van der Waals surface area contributed by atoms with Crippen molar-refractivity contribution in [2.45, 2.75) is 13.8 Å². The number of nitrogens with zero attached hydrogens (tertiary/aromatic N) is 4. The summed E-state index contributed by atoms with van der Waals surface area (Å²) in [6.07, 6.45) is 1.25. The Morgan fingerprint density at radius 3 is 2.73 bits per heavy atom. The maximum atomic E-state index is 11.9. The van der Waals surface area contributed by atoms with Crippen LogP contribution < -0.4 is 4.74 Å². The highest BCUT2D eigenvalue weighted by Crippen LogP contribution is 2.20. The van der Waals surface area contributed by atoms with Gasteiger partial charge in [-0.05, 0) is 6.07 Å².